The van der Waals surface area contributed by atoms with Gasteiger partial charge in [0.15, 0.2) is 0 Å². The molecule has 0 aliphatic rings. The number of anilines is 1. The lowest BCUT2D eigenvalue weighted by molar-refractivity contribution is -0.115. The number of nitrogens with zero attached hydrogens (tertiary/aromatic N) is 2. The van der Waals surface area contributed by atoms with Crippen LogP contribution in [0, 0.1) is 6.92 Å². The molecule has 1 amide bonds. The van der Waals surface area contributed by atoms with Crippen LogP contribution in [0.25, 0.3) is 16.9 Å². The lowest BCUT2D eigenvalue weighted by Gasteiger charge is -2.09. The van der Waals surface area contributed by atoms with Crippen molar-refractivity contribution < 1.29 is 4.79 Å². The summed E-state index contributed by atoms with van der Waals surface area (Å²) in [5.41, 5.74) is 4.84. The second-order valence-corrected chi connectivity index (χ2v) is 6.21. The van der Waals surface area contributed by atoms with Gasteiger partial charge in [0.25, 0.3) is 0 Å². The van der Waals surface area contributed by atoms with Gasteiger partial charge in [0.05, 0.1) is 12.2 Å². The van der Waals surface area contributed by atoms with Gasteiger partial charge in [0, 0.05) is 29.7 Å². The number of nitrogens with one attached hydrogen (secondary N) is 2. The lowest BCUT2D eigenvalue weighted by atomic mass is 10.1. The molecule has 0 atom stereocenters. The van der Waals surface area contributed by atoms with E-state index in [4.69, 9.17) is 0 Å². The minimum Gasteiger partial charge on any atom is -0.325 e. The van der Waals surface area contributed by atoms with E-state index in [0.29, 0.717) is 6.54 Å². The number of pyridine rings is 1. The van der Waals surface area contributed by atoms with E-state index in [1.807, 2.05) is 61.0 Å². The minimum atomic E-state index is -0.0418. The van der Waals surface area contributed by atoms with Gasteiger partial charge >= 0.3 is 0 Å². The first-order valence-corrected chi connectivity index (χ1v) is 8.11. The van der Waals surface area contributed by atoms with Crippen molar-refractivity contribution in [2.24, 2.45) is 0 Å². The van der Waals surface area contributed by atoms with Crippen LogP contribution in [0.4, 0.5) is 5.69 Å². The van der Waals surface area contributed by atoms with Gasteiger partial charge in [-0.05, 0) is 30.7 Å². The van der Waals surface area contributed by atoms with Crippen LogP contribution in [0.3, 0.4) is 0 Å². The van der Waals surface area contributed by atoms with Gasteiger partial charge in [-0.15, -0.1) is 0 Å². The smallest absolute Gasteiger partial charge is 0.238 e. The van der Waals surface area contributed by atoms with E-state index in [9.17, 15) is 4.79 Å². The van der Waals surface area contributed by atoms with Crippen molar-refractivity contribution in [2.75, 3.05) is 11.9 Å². The second kappa shape index (κ2) is 6.84. The van der Waals surface area contributed by atoms with Crippen LogP contribution in [0.15, 0.2) is 48.8 Å². The van der Waals surface area contributed by atoms with Crippen molar-refractivity contribution >= 4 is 17.2 Å². The van der Waals surface area contributed by atoms with Crippen LogP contribution in [0.1, 0.15) is 19.4 Å². The Labute approximate surface area is 141 Å². The minimum absolute atomic E-state index is 0.0418. The Morgan fingerprint density at radius 3 is 2.62 bits per heavy atom. The number of aromatic nitrogens is 2. The first-order chi connectivity index (χ1) is 11.5. The third kappa shape index (κ3) is 3.63. The summed E-state index contributed by atoms with van der Waals surface area (Å²) in [4.78, 5) is 16.5. The van der Waals surface area contributed by atoms with Crippen LogP contribution in [0.5, 0.6) is 0 Å². The van der Waals surface area contributed by atoms with Crippen LogP contribution in [-0.4, -0.2) is 27.9 Å². The van der Waals surface area contributed by atoms with Gasteiger partial charge in [-0.3, -0.25) is 4.79 Å². The molecule has 0 aliphatic carbocycles. The molecule has 3 aromatic rings. The lowest BCUT2D eigenvalue weighted by Crippen LogP contribution is -2.32. The molecule has 0 aliphatic heterocycles. The predicted octanol–water partition coefficient (Wildman–Crippen LogP) is 3.25. The number of aryl methyl sites for hydroxylation is 1. The van der Waals surface area contributed by atoms with Crippen LogP contribution >= 0.6 is 0 Å². The first-order valence-electron chi connectivity index (χ1n) is 8.11. The molecule has 3 rings (SSSR count). The zero-order chi connectivity index (χ0) is 17.1. The molecule has 1 aromatic carbocycles. The summed E-state index contributed by atoms with van der Waals surface area (Å²) in [6, 6.07) is 12.1. The molecule has 2 N–H and O–H groups in total. The number of imidazole rings is 1. The van der Waals surface area contributed by atoms with E-state index in [1.54, 1.807) is 0 Å². The Morgan fingerprint density at radius 2 is 1.96 bits per heavy atom. The van der Waals surface area contributed by atoms with E-state index in [-0.39, 0.29) is 11.9 Å². The maximum Gasteiger partial charge on any atom is 0.238 e. The van der Waals surface area contributed by atoms with E-state index in [1.165, 1.54) is 0 Å². The quantitative estimate of drug-likeness (QED) is 0.758. The van der Waals surface area contributed by atoms with Crippen LogP contribution in [-0.2, 0) is 4.79 Å². The summed E-state index contributed by atoms with van der Waals surface area (Å²) in [6.07, 6.45) is 4.01. The molecule has 5 heteroatoms. The highest BCUT2D eigenvalue weighted by Gasteiger charge is 2.07. The van der Waals surface area contributed by atoms with Crippen LogP contribution < -0.4 is 10.6 Å². The number of hydrogen-bond acceptors (Lipinski definition) is 3. The maximum absolute atomic E-state index is 11.8. The Kier molecular flexibility index (Phi) is 4.62. The molecule has 0 radical (unpaired) electrons. The molecule has 0 fully saturated rings. The molecule has 0 spiro atoms. The molecular weight excluding hydrogens is 300 g/mol. The fourth-order valence-corrected chi connectivity index (χ4v) is 2.52. The number of rotatable bonds is 5. The molecule has 5 nitrogen and oxygen atoms in total. The molecule has 0 saturated heterocycles. The zero-order valence-corrected chi connectivity index (χ0v) is 14.2. The SMILES string of the molecule is Cc1cccn2cc(-c3ccc(NC(=O)CNC(C)C)cc3)nc12. The Morgan fingerprint density at radius 1 is 1.21 bits per heavy atom. The third-order valence-electron chi connectivity index (χ3n) is 3.81. The monoisotopic (exact) mass is 322 g/mol. The van der Waals surface area contributed by atoms with Gasteiger partial charge in [-0.25, -0.2) is 4.98 Å². The van der Waals surface area contributed by atoms with Gasteiger partial charge < -0.3 is 15.0 Å². The van der Waals surface area contributed by atoms with Crippen LogP contribution in [0.2, 0.25) is 0 Å². The van der Waals surface area contributed by atoms with Crippen molar-refractivity contribution in [1.82, 2.24) is 14.7 Å². The second-order valence-electron chi connectivity index (χ2n) is 6.21. The molecule has 0 bridgehead atoms. The summed E-state index contributed by atoms with van der Waals surface area (Å²) in [5, 5.41) is 5.98. The van der Waals surface area contributed by atoms with Crippen molar-refractivity contribution in [3.8, 4) is 11.3 Å². The van der Waals surface area contributed by atoms with E-state index in [0.717, 1.165) is 28.2 Å². The van der Waals surface area contributed by atoms with Crippen molar-refractivity contribution in [3.05, 3.63) is 54.4 Å². The number of fused-ring (bicyclic) bond motifs is 1. The highest BCUT2D eigenvalue weighted by Crippen LogP contribution is 2.22. The van der Waals surface area contributed by atoms with Crippen molar-refractivity contribution in [1.29, 1.82) is 0 Å². The molecule has 24 heavy (non-hydrogen) atoms. The summed E-state index contributed by atoms with van der Waals surface area (Å²) in [6.45, 7) is 6.39. The average Bonchev–Trinajstić information content (AvgIpc) is 2.99. The summed E-state index contributed by atoms with van der Waals surface area (Å²) < 4.78 is 2.03. The fraction of sp³-hybridized carbons (Fsp3) is 0.263. The largest absolute Gasteiger partial charge is 0.325 e. The normalized spacial score (nSPS) is 11.2. The molecule has 0 unspecified atom stereocenters. The molecule has 2 heterocycles. The van der Waals surface area contributed by atoms with Gasteiger partial charge in [-0.2, -0.15) is 0 Å². The molecule has 2 aromatic heterocycles. The average molecular weight is 322 g/mol. The maximum atomic E-state index is 11.8. The van der Waals surface area contributed by atoms with E-state index >= 15 is 0 Å². The number of hydrogen-bond donors (Lipinski definition) is 2. The topological polar surface area (TPSA) is 58.4 Å². The van der Waals surface area contributed by atoms with Crippen molar-refractivity contribution in [2.45, 2.75) is 26.8 Å². The standard InChI is InChI=1S/C19H22N4O/c1-13(2)20-11-18(24)21-16-8-6-15(7-9-16)17-12-23-10-4-5-14(3)19(23)22-17/h4-10,12-13,20H,11H2,1-3H3,(H,21,24). The molecule has 124 valence electrons. The molecular formula is C19H22N4O. The Bertz CT molecular complexity index is 849. The van der Waals surface area contributed by atoms with Crippen molar-refractivity contribution in [3.63, 3.8) is 0 Å². The van der Waals surface area contributed by atoms with Gasteiger partial charge in [-0.1, -0.05) is 32.0 Å². The van der Waals surface area contributed by atoms with E-state index in [2.05, 4.69) is 28.6 Å². The number of amides is 1. The van der Waals surface area contributed by atoms with E-state index < -0.39 is 0 Å². The number of carbonyl (C=O) groups is 1. The highest BCUT2D eigenvalue weighted by atomic mass is 16.1. The highest BCUT2D eigenvalue weighted by molar-refractivity contribution is 5.92. The number of carbonyl (C=O) groups excluding carboxylic acids is 1. The Balaban J connectivity index is 1.74. The Hall–Kier alpha value is -2.66. The summed E-state index contributed by atoms with van der Waals surface area (Å²) >= 11 is 0. The summed E-state index contributed by atoms with van der Waals surface area (Å²) in [7, 11) is 0. The molecule has 0 saturated carbocycles. The van der Waals surface area contributed by atoms with Gasteiger partial charge in [0.2, 0.25) is 5.91 Å². The third-order valence-corrected chi connectivity index (χ3v) is 3.81. The summed E-state index contributed by atoms with van der Waals surface area (Å²) in [5.74, 6) is -0.0418. The number of benzene rings is 1. The first kappa shape index (κ1) is 16.2. The zero-order valence-electron chi connectivity index (χ0n) is 14.2. The fourth-order valence-electron chi connectivity index (χ4n) is 2.52. The van der Waals surface area contributed by atoms with Gasteiger partial charge in [0.1, 0.15) is 5.65 Å². The predicted molar refractivity (Wildman–Crippen MR) is 97.1 cm³/mol.